The molecule has 0 aliphatic carbocycles. The van der Waals surface area contributed by atoms with Crippen molar-refractivity contribution in [3.63, 3.8) is 0 Å². The number of carbonyl (C=O) groups is 2. The Balaban J connectivity index is 1.65. The number of thioether (sulfide) groups is 1. The standard InChI is InChI=1S/C19H22N2O3S2/c1-12-7-8-21(17(9-12)19(23)24)18(22)14-3-5-16(6-4-14)26-11-15-10-25-13(2)20-15/h3-6,10,12,17H,7-9,11H2,1-2H3,(H,23,24). The Morgan fingerprint density at radius 2 is 2.08 bits per heavy atom. The minimum absolute atomic E-state index is 0.198. The Morgan fingerprint density at radius 1 is 1.35 bits per heavy atom. The molecule has 0 saturated carbocycles. The normalized spacial score (nSPS) is 20.2. The molecule has 2 unspecified atom stereocenters. The van der Waals surface area contributed by atoms with E-state index in [2.05, 4.69) is 10.4 Å². The third kappa shape index (κ3) is 4.45. The topological polar surface area (TPSA) is 70.5 Å². The molecule has 1 aliphatic heterocycles. The molecule has 2 aromatic rings. The Hall–Kier alpha value is -1.86. The fraction of sp³-hybridized carbons (Fsp3) is 0.421. The number of carboxylic acids is 1. The van der Waals surface area contributed by atoms with E-state index in [1.54, 1.807) is 35.2 Å². The van der Waals surface area contributed by atoms with Crippen LogP contribution in [0.1, 0.15) is 40.8 Å². The van der Waals surface area contributed by atoms with E-state index in [9.17, 15) is 14.7 Å². The molecule has 138 valence electrons. The first-order valence-corrected chi connectivity index (χ1v) is 10.5. The van der Waals surface area contributed by atoms with Crippen LogP contribution in [0.15, 0.2) is 34.5 Å². The molecular formula is C19H22N2O3S2. The van der Waals surface area contributed by atoms with Crippen molar-refractivity contribution in [2.45, 2.75) is 43.4 Å². The fourth-order valence-electron chi connectivity index (χ4n) is 3.11. The number of hydrogen-bond acceptors (Lipinski definition) is 5. The maximum absolute atomic E-state index is 12.8. The summed E-state index contributed by atoms with van der Waals surface area (Å²) >= 11 is 3.32. The van der Waals surface area contributed by atoms with Crippen LogP contribution >= 0.6 is 23.1 Å². The molecule has 2 heterocycles. The van der Waals surface area contributed by atoms with Gasteiger partial charge in [0.15, 0.2) is 0 Å². The number of carbonyl (C=O) groups excluding carboxylic acids is 1. The largest absolute Gasteiger partial charge is 0.480 e. The second kappa shape index (κ2) is 8.22. The van der Waals surface area contributed by atoms with Crippen LogP contribution < -0.4 is 0 Å². The Labute approximate surface area is 161 Å². The van der Waals surface area contributed by atoms with Crippen molar-refractivity contribution in [1.29, 1.82) is 0 Å². The van der Waals surface area contributed by atoms with Crippen molar-refractivity contribution in [3.05, 3.63) is 45.9 Å². The zero-order valence-corrected chi connectivity index (χ0v) is 16.5. The van der Waals surface area contributed by atoms with Crippen molar-refractivity contribution in [2.75, 3.05) is 6.54 Å². The predicted molar refractivity (Wildman–Crippen MR) is 104 cm³/mol. The van der Waals surface area contributed by atoms with E-state index in [-0.39, 0.29) is 5.91 Å². The van der Waals surface area contributed by atoms with E-state index in [0.29, 0.717) is 24.4 Å². The molecule has 1 aliphatic rings. The number of likely N-dealkylation sites (tertiary alicyclic amines) is 1. The molecule has 1 fully saturated rings. The number of carboxylic acid groups (broad SMARTS) is 1. The van der Waals surface area contributed by atoms with Crippen LogP contribution in [0.4, 0.5) is 0 Å². The number of aryl methyl sites for hydroxylation is 1. The van der Waals surface area contributed by atoms with Crippen LogP contribution in [0.25, 0.3) is 0 Å². The van der Waals surface area contributed by atoms with Crippen LogP contribution in [-0.4, -0.2) is 39.5 Å². The number of thiazole rings is 1. The summed E-state index contributed by atoms with van der Waals surface area (Å²) in [6.07, 6.45) is 1.36. The average molecular weight is 391 g/mol. The maximum Gasteiger partial charge on any atom is 0.326 e. The van der Waals surface area contributed by atoms with E-state index < -0.39 is 12.0 Å². The number of hydrogen-bond donors (Lipinski definition) is 1. The fourth-order valence-corrected chi connectivity index (χ4v) is 4.62. The highest BCUT2D eigenvalue weighted by molar-refractivity contribution is 7.98. The summed E-state index contributed by atoms with van der Waals surface area (Å²) in [6.45, 7) is 4.52. The lowest BCUT2D eigenvalue weighted by Crippen LogP contribution is -2.49. The highest BCUT2D eigenvalue weighted by Crippen LogP contribution is 2.27. The van der Waals surface area contributed by atoms with E-state index in [1.165, 1.54) is 4.90 Å². The lowest BCUT2D eigenvalue weighted by atomic mass is 9.92. The van der Waals surface area contributed by atoms with Gasteiger partial charge in [-0.3, -0.25) is 4.79 Å². The highest BCUT2D eigenvalue weighted by atomic mass is 32.2. The molecular weight excluding hydrogens is 368 g/mol. The summed E-state index contributed by atoms with van der Waals surface area (Å²) in [4.78, 5) is 31.3. The maximum atomic E-state index is 12.8. The molecule has 3 rings (SSSR count). The smallest absolute Gasteiger partial charge is 0.326 e. The molecule has 0 radical (unpaired) electrons. The molecule has 7 heteroatoms. The quantitative estimate of drug-likeness (QED) is 0.779. The van der Waals surface area contributed by atoms with Gasteiger partial charge in [0, 0.05) is 28.1 Å². The highest BCUT2D eigenvalue weighted by Gasteiger charge is 2.35. The summed E-state index contributed by atoms with van der Waals surface area (Å²) in [7, 11) is 0. The van der Waals surface area contributed by atoms with Crippen LogP contribution in [0.3, 0.4) is 0 Å². The van der Waals surface area contributed by atoms with Gasteiger partial charge >= 0.3 is 5.97 Å². The van der Waals surface area contributed by atoms with E-state index in [1.807, 2.05) is 26.0 Å². The van der Waals surface area contributed by atoms with Crippen molar-refractivity contribution in [3.8, 4) is 0 Å². The van der Waals surface area contributed by atoms with Gasteiger partial charge < -0.3 is 10.0 Å². The second-order valence-electron chi connectivity index (χ2n) is 6.65. The van der Waals surface area contributed by atoms with Gasteiger partial charge in [-0.15, -0.1) is 23.1 Å². The lowest BCUT2D eigenvalue weighted by Gasteiger charge is -2.36. The van der Waals surface area contributed by atoms with Gasteiger partial charge in [-0.1, -0.05) is 6.92 Å². The molecule has 0 bridgehead atoms. The summed E-state index contributed by atoms with van der Waals surface area (Å²) < 4.78 is 0. The molecule has 2 atom stereocenters. The average Bonchev–Trinajstić information content (AvgIpc) is 3.05. The minimum Gasteiger partial charge on any atom is -0.480 e. The Morgan fingerprint density at radius 3 is 2.69 bits per heavy atom. The van der Waals surface area contributed by atoms with Gasteiger partial charge in [-0.25, -0.2) is 9.78 Å². The number of nitrogens with zero attached hydrogens (tertiary/aromatic N) is 2. The Kier molecular flexibility index (Phi) is 5.98. The zero-order valence-electron chi connectivity index (χ0n) is 14.8. The third-order valence-electron chi connectivity index (χ3n) is 4.57. The Bertz CT molecular complexity index is 788. The summed E-state index contributed by atoms with van der Waals surface area (Å²) in [6, 6.07) is 6.68. The molecule has 26 heavy (non-hydrogen) atoms. The zero-order chi connectivity index (χ0) is 18.7. The molecule has 5 nitrogen and oxygen atoms in total. The molecule has 1 saturated heterocycles. The van der Waals surface area contributed by atoms with E-state index in [4.69, 9.17) is 0 Å². The first-order valence-electron chi connectivity index (χ1n) is 8.61. The van der Waals surface area contributed by atoms with E-state index >= 15 is 0 Å². The number of aromatic nitrogens is 1. The summed E-state index contributed by atoms with van der Waals surface area (Å²) in [5, 5.41) is 12.6. The number of benzene rings is 1. The molecule has 1 aromatic carbocycles. The molecule has 0 spiro atoms. The number of aliphatic carboxylic acids is 1. The van der Waals surface area contributed by atoms with Crippen LogP contribution in [0.5, 0.6) is 0 Å². The van der Waals surface area contributed by atoms with Gasteiger partial charge in [0.05, 0.1) is 10.7 Å². The summed E-state index contributed by atoms with van der Waals surface area (Å²) in [5.74, 6) is 0.00261. The van der Waals surface area contributed by atoms with Crippen molar-refractivity contribution in [2.24, 2.45) is 5.92 Å². The predicted octanol–water partition coefficient (Wildman–Crippen LogP) is 4.07. The van der Waals surface area contributed by atoms with Gasteiger partial charge in [0.25, 0.3) is 5.91 Å². The third-order valence-corrected chi connectivity index (χ3v) is 6.43. The SMILES string of the molecule is Cc1nc(CSc2ccc(C(=O)N3CCC(C)CC3C(=O)O)cc2)cs1. The van der Waals surface area contributed by atoms with Crippen LogP contribution in [0, 0.1) is 12.8 Å². The molecule has 1 amide bonds. The van der Waals surface area contributed by atoms with Gasteiger partial charge in [-0.2, -0.15) is 0 Å². The van der Waals surface area contributed by atoms with Gasteiger partial charge in [0.1, 0.15) is 6.04 Å². The van der Waals surface area contributed by atoms with Gasteiger partial charge in [-0.05, 0) is 49.9 Å². The number of piperidine rings is 1. The first-order chi connectivity index (χ1) is 12.4. The molecule has 1 aromatic heterocycles. The lowest BCUT2D eigenvalue weighted by molar-refractivity contribution is -0.144. The van der Waals surface area contributed by atoms with Crippen LogP contribution in [-0.2, 0) is 10.5 Å². The van der Waals surface area contributed by atoms with Gasteiger partial charge in [0.2, 0.25) is 0 Å². The minimum atomic E-state index is -0.921. The second-order valence-corrected chi connectivity index (χ2v) is 8.76. The first kappa shape index (κ1) is 18.9. The monoisotopic (exact) mass is 390 g/mol. The van der Waals surface area contributed by atoms with E-state index in [0.717, 1.165) is 27.8 Å². The van der Waals surface area contributed by atoms with Crippen molar-refractivity contribution < 1.29 is 14.7 Å². The van der Waals surface area contributed by atoms with Crippen LogP contribution in [0.2, 0.25) is 0 Å². The number of amides is 1. The van der Waals surface area contributed by atoms with Crippen molar-refractivity contribution in [1.82, 2.24) is 9.88 Å². The van der Waals surface area contributed by atoms with Crippen molar-refractivity contribution >= 4 is 35.0 Å². The molecule has 1 N–H and O–H groups in total. The summed E-state index contributed by atoms with van der Waals surface area (Å²) in [5.41, 5.74) is 1.60. The number of rotatable bonds is 5.